The first-order valence-electron chi connectivity index (χ1n) is 6.42. The second kappa shape index (κ2) is 5.10. The predicted molar refractivity (Wildman–Crippen MR) is 80.7 cm³/mol. The van der Waals surface area contributed by atoms with E-state index >= 15 is 0 Å². The van der Waals surface area contributed by atoms with Crippen molar-refractivity contribution in [1.82, 2.24) is 25.9 Å². The van der Waals surface area contributed by atoms with Gasteiger partial charge >= 0.3 is 0 Å². The molecule has 3 rings (SSSR count). The monoisotopic (exact) mass is 288 g/mol. The SMILES string of the molecule is CC(C)N1NNN=C1c1c[nH]n(-c2ccccc2)c1=S. The average Bonchev–Trinajstić information content (AvgIpc) is 3.06. The van der Waals surface area contributed by atoms with Crippen molar-refractivity contribution in [3.63, 3.8) is 0 Å². The molecule has 3 N–H and O–H groups in total. The van der Waals surface area contributed by atoms with Gasteiger partial charge in [-0.25, -0.2) is 10.2 Å². The van der Waals surface area contributed by atoms with Gasteiger partial charge in [-0.1, -0.05) is 30.4 Å². The Morgan fingerprint density at radius 1 is 1.20 bits per heavy atom. The molecule has 0 spiro atoms. The van der Waals surface area contributed by atoms with Gasteiger partial charge in [-0.3, -0.25) is 10.1 Å². The van der Waals surface area contributed by atoms with Crippen molar-refractivity contribution in [2.45, 2.75) is 19.9 Å². The Hall–Kier alpha value is -2.12. The summed E-state index contributed by atoms with van der Waals surface area (Å²) in [6, 6.07) is 10.2. The number of hydrazine groups is 2. The Kier molecular flexibility index (Phi) is 3.29. The molecule has 0 bridgehead atoms. The van der Waals surface area contributed by atoms with Crippen molar-refractivity contribution in [3.8, 4) is 5.69 Å². The van der Waals surface area contributed by atoms with Gasteiger partial charge in [0.15, 0.2) is 5.84 Å². The summed E-state index contributed by atoms with van der Waals surface area (Å²) in [6.45, 7) is 4.16. The van der Waals surface area contributed by atoms with Crippen LogP contribution in [0.5, 0.6) is 0 Å². The number of nitrogens with one attached hydrogen (secondary N) is 3. The lowest BCUT2D eigenvalue weighted by Crippen LogP contribution is -2.45. The lowest BCUT2D eigenvalue weighted by Gasteiger charge is -2.22. The van der Waals surface area contributed by atoms with Crippen LogP contribution in [0.25, 0.3) is 5.69 Å². The highest BCUT2D eigenvalue weighted by molar-refractivity contribution is 7.71. The quantitative estimate of drug-likeness (QED) is 0.755. The summed E-state index contributed by atoms with van der Waals surface area (Å²) in [4.78, 5) is 0. The van der Waals surface area contributed by atoms with Crippen LogP contribution in [0.1, 0.15) is 19.4 Å². The molecule has 6 nitrogen and oxygen atoms in total. The molecular formula is C13H16N6S. The van der Waals surface area contributed by atoms with Crippen LogP contribution < -0.4 is 11.1 Å². The molecule has 2 heterocycles. The van der Waals surface area contributed by atoms with E-state index in [9.17, 15) is 0 Å². The number of aromatic nitrogens is 2. The zero-order valence-corrected chi connectivity index (χ0v) is 12.1. The van der Waals surface area contributed by atoms with E-state index in [2.05, 4.69) is 35.1 Å². The molecular weight excluding hydrogens is 272 g/mol. The third-order valence-electron chi connectivity index (χ3n) is 3.10. The van der Waals surface area contributed by atoms with Gasteiger partial charge in [0.25, 0.3) is 0 Å². The van der Waals surface area contributed by atoms with E-state index in [0.29, 0.717) is 4.64 Å². The normalized spacial score (nSPS) is 14.6. The van der Waals surface area contributed by atoms with Gasteiger partial charge in [-0.15, -0.1) is 10.6 Å². The van der Waals surface area contributed by atoms with Crippen LogP contribution >= 0.6 is 12.2 Å². The van der Waals surface area contributed by atoms with Crippen LogP contribution in [0.3, 0.4) is 0 Å². The molecule has 1 aromatic heterocycles. The Bertz CT molecular complexity index is 684. The van der Waals surface area contributed by atoms with Gasteiger partial charge in [0.1, 0.15) is 4.64 Å². The van der Waals surface area contributed by atoms with Crippen molar-refractivity contribution in [2.24, 2.45) is 5.10 Å². The summed E-state index contributed by atoms with van der Waals surface area (Å²) in [5, 5.41) is 9.37. The van der Waals surface area contributed by atoms with Crippen LogP contribution in [-0.2, 0) is 0 Å². The van der Waals surface area contributed by atoms with Crippen molar-refractivity contribution in [3.05, 3.63) is 46.7 Å². The van der Waals surface area contributed by atoms with Crippen LogP contribution in [0.4, 0.5) is 0 Å². The standard InChI is InChI=1S/C13H16N6S/c1-9(2)18-12(15-16-17-18)11-8-14-19(13(11)20)10-6-4-3-5-7-10/h3-9,14,16-17H,1-2H3. The number of H-pyrrole nitrogens is 1. The summed E-state index contributed by atoms with van der Waals surface area (Å²) in [7, 11) is 0. The largest absolute Gasteiger partial charge is 0.299 e. The maximum atomic E-state index is 5.55. The molecule has 0 unspecified atom stereocenters. The smallest absolute Gasteiger partial charge is 0.177 e. The first-order chi connectivity index (χ1) is 9.68. The number of hydrazone groups is 1. The van der Waals surface area contributed by atoms with E-state index in [1.807, 2.05) is 46.2 Å². The molecule has 0 saturated heterocycles. The van der Waals surface area contributed by atoms with Gasteiger partial charge in [0, 0.05) is 12.2 Å². The number of para-hydroxylation sites is 1. The lowest BCUT2D eigenvalue weighted by atomic mass is 10.2. The van der Waals surface area contributed by atoms with E-state index in [4.69, 9.17) is 12.2 Å². The summed E-state index contributed by atoms with van der Waals surface area (Å²) >= 11 is 5.55. The maximum absolute atomic E-state index is 5.55. The number of hydrogen-bond acceptors (Lipinski definition) is 5. The summed E-state index contributed by atoms with van der Waals surface area (Å²) < 4.78 is 2.57. The van der Waals surface area contributed by atoms with E-state index in [1.54, 1.807) is 0 Å². The van der Waals surface area contributed by atoms with Gasteiger partial charge in [-0.05, 0) is 26.0 Å². The second-order valence-electron chi connectivity index (χ2n) is 4.79. The highest BCUT2D eigenvalue weighted by atomic mass is 32.1. The number of benzene rings is 1. The highest BCUT2D eigenvalue weighted by Gasteiger charge is 2.23. The number of rotatable bonds is 3. The van der Waals surface area contributed by atoms with Crippen LogP contribution in [0, 0.1) is 4.64 Å². The first kappa shape index (κ1) is 12.9. The van der Waals surface area contributed by atoms with E-state index in [-0.39, 0.29) is 6.04 Å². The molecule has 1 aliphatic heterocycles. The Morgan fingerprint density at radius 2 is 1.95 bits per heavy atom. The van der Waals surface area contributed by atoms with Gasteiger partial charge < -0.3 is 0 Å². The van der Waals surface area contributed by atoms with Crippen molar-refractivity contribution in [1.29, 1.82) is 0 Å². The van der Waals surface area contributed by atoms with Crippen LogP contribution in [0.2, 0.25) is 0 Å². The Morgan fingerprint density at radius 3 is 2.65 bits per heavy atom. The first-order valence-corrected chi connectivity index (χ1v) is 6.83. The van der Waals surface area contributed by atoms with Gasteiger partial charge in [0.05, 0.1) is 11.3 Å². The lowest BCUT2D eigenvalue weighted by molar-refractivity contribution is 0.246. The zero-order chi connectivity index (χ0) is 14.1. The van der Waals surface area contributed by atoms with Crippen LogP contribution in [0.15, 0.2) is 41.6 Å². The summed E-state index contributed by atoms with van der Waals surface area (Å²) in [5.41, 5.74) is 7.65. The fourth-order valence-corrected chi connectivity index (χ4v) is 2.41. The molecule has 104 valence electrons. The molecule has 2 aromatic rings. The number of nitrogens with zero attached hydrogens (tertiary/aromatic N) is 3. The number of hydrogen-bond donors (Lipinski definition) is 3. The second-order valence-corrected chi connectivity index (χ2v) is 5.17. The topological polar surface area (TPSA) is 60.4 Å². The third-order valence-corrected chi connectivity index (χ3v) is 3.51. The van der Waals surface area contributed by atoms with E-state index in [0.717, 1.165) is 17.1 Å². The van der Waals surface area contributed by atoms with E-state index < -0.39 is 0 Å². The molecule has 0 atom stereocenters. The molecule has 0 radical (unpaired) electrons. The minimum atomic E-state index is 0.262. The Balaban J connectivity index is 2.02. The molecule has 0 fully saturated rings. The minimum absolute atomic E-state index is 0.262. The molecule has 7 heteroatoms. The summed E-state index contributed by atoms with van der Waals surface area (Å²) in [5.74, 6) is 0.788. The van der Waals surface area contributed by atoms with E-state index in [1.165, 1.54) is 0 Å². The third kappa shape index (κ3) is 2.10. The molecule has 0 aliphatic carbocycles. The zero-order valence-electron chi connectivity index (χ0n) is 11.3. The molecule has 20 heavy (non-hydrogen) atoms. The predicted octanol–water partition coefficient (Wildman–Crippen LogP) is 1.93. The molecule has 0 saturated carbocycles. The fourth-order valence-electron chi connectivity index (χ4n) is 2.10. The average molecular weight is 288 g/mol. The fraction of sp³-hybridized carbons (Fsp3) is 0.231. The van der Waals surface area contributed by atoms with Gasteiger partial charge in [0.2, 0.25) is 0 Å². The van der Waals surface area contributed by atoms with Crippen LogP contribution in [-0.4, -0.2) is 26.7 Å². The maximum Gasteiger partial charge on any atom is 0.177 e. The number of aromatic amines is 1. The minimum Gasteiger partial charge on any atom is -0.299 e. The van der Waals surface area contributed by atoms with Gasteiger partial charge in [-0.2, -0.15) is 0 Å². The summed E-state index contributed by atoms with van der Waals surface area (Å²) in [6.07, 6.45) is 1.87. The van der Waals surface area contributed by atoms with Crippen molar-refractivity contribution >= 4 is 18.1 Å². The molecule has 1 aromatic carbocycles. The van der Waals surface area contributed by atoms with Crippen molar-refractivity contribution < 1.29 is 0 Å². The molecule has 1 aliphatic rings. The van der Waals surface area contributed by atoms with Crippen molar-refractivity contribution in [2.75, 3.05) is 0 Å². The number of amidine groups is 1. The highest BCUT2D eigenvalue weighted by Crippen LogP contribution is 2.15. The Labute approximate surface area is 122 Å². The molecule has 0 amide bonds.